The van der Waals surface area contributed by atoms with Gasteiger partial charge >= 0.3 is 17.9 Å². The van der Waals surface area contributed by atoms with Gasteiger partial charge in [0.05, 0.1) is 18.9 Å². The molecule has 0 spiro atoms. The third-order valence-electron chi connectivity index (χ3n) is 4.95. The van der Waals surface area contributed by atoms with Crippen LogP contribution in [-0.2, 0) is 40.0 Å². The molecule has 4 atom stereocenters. The number of carboxylic acid groups (broad SMARTS) is 3. The molecule has 0 radical (unpaired) electrons. The number of nitrogens with one attached hydrogen (secondary N) is 3. The summed E-state index contributed by atoms with van der Waals surface area (Å²) in [6.07, 6.45) is -2.61. The van der Waals surface area contributed by atoms with Crippen molar-refractivity contribution in [3.63, 3.8) is 0 Å². The minimum Gasteiger partial charge on any atom is -0.481 e. The fourth-order valence-electron chi connectivity index (χ4n) is 3.09. The van der Waals surface area contributed by atoms with Crippen LogP contribution in [0.5, 0.6) is 0 Å². The molecule has 0 saturated carbocycles. The molecule has 15 heteroatoms. The van der Waals surface area contributed by atoms with E-state index in [9.17, 15) is 38.7 Å². The van der Waals surface area contributed by atoms with E-state index in [2.05, 4.69) is 10.6 Å². The lowest BCUT2D eigenvalue weighted by Gasteiger charge is -2.24. The van der Waals surface area contributed by atoms with Gasteiger partial charge in [-0.2, -0.15) is 0 Å². The molecule has 0 heterocycles. The molecule has 0 aliphatic rings. The Balaban J connectivity index is 3.05. The number of hydrogen-bond acceptors (Lipinski definition) is 8. The van der Waals surface area contributed by atoms with Crippen molar-refractivity contribution in [1.29, 1.82) is 0 Å². The second kappa shape index (κ2) is 14.8. The molecule has 15 nitrogen and oxygen atoms in total. The number of primary amides is 1. The van der Waals surface area contributed by atoms with E-state index in [-0.39, 0.29) is 12.8 Å². The zero-order valence-corrected chi connectivity index (χ0v) is 19.6. The molecule has 0 aliphatic heterocycles. The number of benzene rings is 1. The molecule has 10 N–H and O–H groups in total. The Bertz CT molecular complexity index is 1020. The molecular formula is C22H29N5O10. The zero-order valence-electron chi connectivity index (χ0n) is 19.6. The maximum atomic E-state index is 12.9. The maximum absolute atomic E-state index is 12.9. The van der Waals surface area contributed by atoms with Crippen LogP contribution in [0.15, 0.2) is 30.3 Å². The van der Waals surface area contributed by atoms with Crippen molar-refractivity contribution in [3.05, 3.63) is 35.9 Å². The highest BCUT2D eigenvalue weighted by Crippen LogP contribution is 2.06. The summed E-state index contributed by atoms with van der Waals surface area (Å²) < 4.78 is 0. The minimum absolute atomic E-state index is 0.0996. The lowest BCUT2D eigenvalue weighted by Crippen LogP contribution is -2.57. The van der Waals surface area contributed by atoms with Crippen LogP contribution in [-0.4, -0.2) is 81.0 Å². The predicted molar refractivity (Wildman–Crippen MR) is 124 cm³/mol. The highest BCUT2D eigenvalue weighted by Gasteiger charge is 2.32. The van der Waals surface area contributed by atoms with Crippen molar-refractivity contribution in [2.75, 3.05) is 0 Å². The lowest BCUT2D eigenvalue weighted by atomic mass is 10.0. The van der Waals surface area contributed by atoms with Gasteiger partial charge in [-0.05, 0) is 12.0 Å². The zero-order chi connectivity index (χ0) is 28.1. The van der Waals surface area contributed by atoms with E-state index in [4.69, 9.17) is 21.7 Å². The van der Waals surface area contributed by atoms with Gasteiger partial charge in [0.15, 0.2) is 0 Å². The molecule has 37 heavy (non-hydrogen) atoms. The monoisotopic (exact) mass is 523 g/mol. The van der Waals surface area contributed by atoms with Crippen molar-refractivity contribution >= 4 is 41.5 Å². The van der Waals surface area contributed by atoms with E-state index in [1.165, 1.54) is 0 Å². The summed E-state index contributed by atoms with van der Waals surface area (Å²) in [5.74, 6) is -8.43. The summed E-state index contributed by atoms with van der Waals surface area (Å²) >= 11 is 0. The van der Waals surface area contributed by atoms with Crippen molar-refractivity contribution in [3.8, 4) is 0 Å². The number of carboxylic acids is 3. The first-order valence-corrected chi connectivity index (χ1v) is 11.0. The Hall–Kier alpha value is -4.53. The summed E-state index contributed by atoms with van der Waals surface area (Å²) in [5, 5.41) is 33.8. The molecular weight excluding hydrogens is 494 g/mol. The van der Waals surface area contributed by atoms with Crippen LogP contribution in [0.25, 0.3) is 0 Å². The van der Waals surface area contributed by atoms with Crippen LogP contribution < -0.4 is 27.4 Å². The highest BCUT2D eigenvalue weighted by molar-refractivity contribution is 5.96. The summed E-state index contributed by atoms with van der Waals surface area (Å²) in [6, 6.07) is 2.04. The Labute approximate surface area is 210 Å². The number of carbonyl (C=O) groups excluding carboxylic acids is 4. The molecule has 0 aliphatic carbocycles. The highest BCUT2D eigenvalue weighted by atomic mass is 16.4. The van der Waals surface area contributed by atoms with E-state index < -0.39 is 85.0 Å². The molecule has 0 saturated heterocycles. The quantitative estimate of drug-likeness (QED) is 0.110. The average Bonchev–Trinajstić information content (AvgIpc) is 2.80. The largest absolute Gasteiger partial charge is 0.481 e. The molecule has 0 aromatic heterocycles. The van der Waals surface area contributed by atoms with Gasteiger partial charge < -0.3 is 42.7 Å². The second-order valence-electron chi connectivity index (χ2n) is 8.02. The average molecular weight is 523 g/mol. The van der Waals surface area contributed by atoms with Gasteiger partial charge in [-0.1, -0.05) is 30.3 Å². The number of rotatable bonds is 16. The molecule has 1 aromatic rings. The van der Waals surface area contributed by atoms with Crippen LogP contribution in [0.2, 0.25) is 0 Å². The molecule has 1 rings (SSSR count). The number of amides is 4. The van der Waals surface area contributed by atoms with Gasteiger partial charge in [-0.3, -0.25) is 28.8 Å². The van der Waals surface area contributed by atoms with Crippen molar-refractivity contribution in [2.45, 2.75) is 56.3 Å². The SMILES string of the molecule is NC(=O)CCC(NC(=O)C(CC(=O)O)NC(=O)C(N)CC(=O)O)C(=O)NC(Cc1ccccc1)C(=O)O. The summed E-state index contributed by atoms with van der Waals surface area (Å²) in [5.41, 5.74) is 11.1. The van der Waals surface area contributed by atoms with E-state index in [1.54, 1.807) is 30.3 Å². The van der Waals surface area contributed by atoms with E-state index in [0.717, 1.165) is 0 Å². The normalized spacial score (nSPS) is 13.8. The third-order valence-corrected chi connectivity index (χ3v) is 4.95. The minimum atomic E-state index is -1.77. The molecule has 4 amide bonds. The third kappa shape index (κ3) is 11.6. The molecule has 4 unspecified atom stereocenters. The van der Waals surface area contributed by atoms with Gasteiger partial charge in [0.2, 0.25) is 23.6 Å². The Morgan fingerprint density at radius 1 is 0.730 bits per heavy atom. The summed E-state index contributed by atoms with van der Waals surface area (Å²) in [6.45, 7) is 0. The fraction of sp³-hybridized carbons (Fsp3) is 0.409. The summed E-state index contributed by atoms with van der Waals surface area (Å²) in [4.78, 5) is 82.7. The first-order chi connectivity index (χ1) is 17.3. The van der Waals surface area contributed by atoms with Crippen LogP contribution >= 0.6 is 0 Å². The van der Waals surface area contributed by atoms with Crippen molar-refractivity contribution in [1.82, 2.24) is 16.0 Å². The maximum Gasteiger partial charge on any atom is 0.326 e. The number of aliphatic carboxylic acids is 3. The van der Waals surface area contributed by atoms with Crippen LogP contribution in [0.4, 0.5) is 0 Å². The second-order valence-corrected chi connectivity index (χ2v) is 8.02. The lowest BCUT2D eigenvalue weighted by molar-refractivity contribution is -0.143. The van der Waals surface area contributed by atoms with Crippen LogP contribution in [0.1, 0.15) is 31.2 Å². The summed E-state index contributed by atoms with van der Waals surface area (Å²) in [7, 11) is 0. The smallest absolute Gasteiger partial charge is 0.326 e. The Kier molecular flexibility index (Phi) is 12.2. The first-order valence-electron chi connectivity index (χ1n) is 11.0. The standard InChI is InChI=1S/C22H29N5O10/c23-12(9-17(29)30)19(33)26-14(10-18(31)32)21(35)25-13(6-7-16(24)28)20(34)27-15(22(36)37)8-11-4-2-1-3-5-11/h1-5,12-15H,6-10,23H2,(H2,24,28)(H,25,35)(H,26,33)(H,27,34)(H,29,30)(H,31,32)(H,36,37). The van der Waals surface area contributed by atoms with E-state index in [0.29, 0.717) is 5.56 Å². The number of nitrogens with two attached hydrogens (primary N) is 2. The van der Waals surface area contributed by atoms with Crippen molar-refractivity contribution < 1.29 is 48.9 Å². The molecule has 1 aromatic carbocycles. The van der Waals surface area contributed by atoms with E-state index >= 15 is 0 Å². The van der Waals surface area contributed by atoms with Gasteiger partial charge in [-0.15, -0.1) is 0 Å². The Morgan fingerprint density at radius 2 is 1.24 bits per heavy atom. The number of carbonyl (C=O) groups is 7. The van der Waals surface area contributed by atoms with E-state index in [1.807, 2.05) is 5.32 Å². The molecule has 202 valence electrons. The molecule has 0 fully saturated rings. The van der Waals surface area contributed by atoms with Gasteiger partial charge in [0.25, 0.3) is 0 Å². The van der Waals surface area contributed by atoms with Crippen molar-refractivity contribution in [2.24, 2.45) is 11.5 Å². The first kappa shape index (κ1) is 30.5. The van der Waals surface area contributed by atoms with Gasteiger partial charge in [-0.25, -0.2) is 4.79 Å². The van der Waals surface area contributed by atoms with Crippen LogP contribution in [0, 0.1) is 0 Å². The fourth-order valence-corrected chi connectivity index (χ4v) is 3.09. The Morgan fingerprint density at radius 3 is 1.76 bits per heavy atom. The molecule has 0 bridgehead atoms. The van der Waals surface area contributed by atoms with Gasteiger partial charge in [0.1, 0.15) is 18.1 Å². The predicted octanol–water partition coefficient (Wildman–Crippen LogP) is -2.69. The number of hydrogen-bond donors (Lipinski definition) is 8. The van der Waals surface area contributed by atoms with Crippen LogP contribution in [0.3, 0.4) is 0 Å². The topological polar surface area (TPSA) is 268 Å². The van der Waals surface area contributed by atoms with Gasteiger partial charge in [0, 0.05) is 12.8 Å².